The number of rotatable bonds is 2. The van der Waals surface area contributed by atoms with Crippen LogP contribution in [0, 0.1) is 6.92 Å². The fraction of sp³-hybridized carbons (Fsp3) is 0.375. The second-order valence-corrected chi connectivity index (χ2v) is 7.33. The fourth-order valence-electron chi connectivity index (χ4n) is 3.15. The molecule has 24 heavy (non-hydrogen) atoms. The lowest BCUT2D eigenvalue weighted by Crippen LogP contribution is -2.46. The zero-order valence-corrected chi connectivity index (χ0v) is 13.9. The molecule has 0 bridgehead atoms. The van der Waals surface area contributed by atoms with Crippen LogP contribution in [0.25, 0.3) is 5.65 Å². The van der Waals surface area contributed by atoms with Crippen LogP contribution in [0.3, 0.4) is 0 Å². The van der Waals surface area contributed by atoms with E-state index in [1.807, 2.05) is 13.0 Å². The van der Waals surface area contributed by atoms with Crippen molar-refractivity contribution in [3.8, 4) is 0 Å². The van der Waals surface area contributed by atoms with E-state index in [1.165, 1.54) is 15.4 Å². The first-order chi connectivity index (χ1) is 11.5. The van der Waals surface area contributed by atoms with Crippen molar-refractivity contribution in [3.63, 3.8) is 0 Å². The molecule has 2 aromatic rings. The Bertz CT molecular complexity index is 917. The fourth-order valence-corrected chi connectivity index (χ4v) is 4.48. The van der Waals surface area contributed by atoms with E-state index in [0.717, 1.165) is 11.3 Å². The molecule has 0 unspecified atom stereocenters. The molecule has 2 aliphatic rings. The number of pyridine rings is 1. The van der Waals surface area contributed by atoms with Crippen molar-refractivity contribution in [1.82, 2.24) is 19.6 Å². The van der Waals surface area contributed by atoms with Gasteiger partial charge in [-0.3, -0.25) is 18.9 Å². The first kappa shape index (κ1) is 15.2. The van der Waals surface area contributed by atoms with Gasteiger partial charge in [-0.05, 0) is 30.7 Å². The summed E-state index contributed by atoms with van der Waals surface area (Å²) < 4.78 is 1.46. The predicted octanol–water partition coefficient (Wildman–Crippen LogP) is 0.930. The number of fused-ring (bicyclic) bond motifs is 1. The van der Waals surface area contributed by atoms with Gasteiger partial charge < -0.3 is 5.32 Å². The molecule has 1 spiro atoms. The maximum Gasteiger partial charge on any atom is 0.325 e. The second kappa shape index (κ2) is 5.34. The molecule has 0 saturated carbocycles. The summed E-state index contributed by atoms with van der Waals surface area (Å²) in [5.74, 6) is 1.24. The summed E-state index contributed by atoms with van der Waals surface area (Å²) in [7, 11) is 0. The van der Waals surface area contributed by atoms with E-state index < -0.39 is 11.6 Å². The molecular formula is C16H16N4O3S. The van der Waals surface area contributed by atoms with E-state index >= 15 is 0 Å². The molecule has 2 saturated heterocycles. The summed E-state index contributed by atoms with van der Waals surface area (Å²) in [6.07, 6.45) is 2.36. The molecule has 0 radical (unpaired) electrons. The van der Waals surface area contributed by atoms with Crippen molar-refractivity contribution >= 4 is 29.3 Å². The summed E-state index contributed by atoms with van der Waals surface area (Å²) in [6.45, 7) is 1.91. The maximum absolute atomic E-state index is 12.7. The van der Waals surface area contributed by atoms with E-state index in [4.69, 9.17) is 0 Å². The van der Waals surface area contributed by atoms with Gasteiger partial charge >= 0.3 is 6.03 Å². The summed E-state index contributed by atoms with van der Waals surface area (Å²) in [6, 6.07) is 4.58. The highest BCUT2D eigenvalue weighted by molar-refractivity contribution is 7.99. The van der Waals surface area contributed by atoms with Crippen molar-refractivity contribution < 1.29 is 9.59 Å². The van der Waals surface area contributed by atoms with Gasteiger partial charge in [0.1, 0.15) is 11.2 Å². The molecule has 4 heterocycles. The van der Waals surface area contributed by atoms with Crippen LogP contribution in [-0.2, 0) is 11.3 Å². The van der Waals surface area contributed by atoms with Gasteiger partial charge in [0.15, 0.2) is 0 Å². The second-order valence-electron chi connectivity index (χ2n) is 6.23. The van der Waals surface area contributed by atoms with Gasteiger partial charge in [0, 0.05) is 18.0 Å². The SMILES string of the molecule is Cc1ccc2nc(CN3C(=O)N[C@@]4(CCSC4)C3=O)cc(=O)n2c1. The van der Waals surface area contributed by atoms with Crippen LogP contribution in [0.15, 0.2) is 29.2 Å². The third-order valence-electron chi connectivity index (χ3n) is 4.45. The predicted molar refractivity (Wildman–Crippen MR) is 90.0 cm³/mol. The number of carbonyl (C=O) groups excluding carboxylic acids is 2. The molecule has 0 aliphatic carbocycles. The number of hydrogen-bond acceptors (Lipinski definition) is 5. The first-order valence-corrected chi connectivity index (χ1v) is 8.85. The number of nitrogens with zero attached hydrogens (tertiary/aromatic N) is 3. The molecule has 1 N–H and O–H groups in total. The molecule has 4 rings (SSSR count). The molecular weight excluding hydrogens is 328 g/mol. The Morgan fingerprint density at radius 1 is 1.33 bits per heavy atom. The van der Waals surface area contributed by atoms with Crippen LogP contribution < -0.4 is 10.9 Å². The quantitative estimate of drug-likeness (QED) is 0.820. The highest BCUT2D eigenvalue weighted by atomic mass is 32.2. The first-order valence-electron chi connectivity index (χ1n) is 7.69. The third kappa shape index (κ3) is 2.29. The van der Waals surface area contributed by atoms with Crippen LogP contribution in [-0.4, -0.2) is 43.3 Å². The summed E-state index contributed by atoms with van der Waals surface area (Å²) >= 11 is 1.66. The average molecular weight is 344 g/mol. The number of aromatic nitrogens is 2. The number of nitrogens with one attached hydrogen (secondary N) is 1. The zero-order chi connectivity index (χ0) is 16.9. The number of hydrogen-bond donors (Lipinski definition) is 1. The minimum atomic E-state index is -0.773. The van der Waals surface area contributed by atoms with Crippen LogP contribution in [0.1, 0.15) is 17.7 Å². The molecule has 3 amide bonds. The zero-order valence-electron chi connectivity index (χ0n) is 13.1. The minimum Gasteiger partial charge on any atom is -0.322 e. The lowest BCUT2D eigenvalue weighted by molar-refractivity contribution is -0.130. The Kier molecular flexibility index (Phi) is 3.38. The van der Waals surface area contributed by atoms with Gasteiger partial charge in [-0.15, -0.1) is 0 Å². The standard InChI is InChI=1S/C16H16N4O3S/c1-10-2-3-12-17-11(6-13(21)19(12)7-10)8-20-14(22)16(18-15(20)23)4-5-24-9-16/h2-3,6-7H,4-5,8-9H2,1H3,(H,18,23)/t16-/m1/s1. The number of aryl methyl sites for hydroxylation is 1. The summed E-state index contributed by atoms with van der Waals surface area (Å²) in [5, 5.41) is 2.81. The summed E-state index contributed by atoms with van der Waals surface area (Å²) in [4.78, 5) is 42.7. The lowest BCUT2D eigenvalue weighted by atomic mass is 9.99. The Morgan fingerprint density at radius 3 is 2.92 bits per heavy atom. The van der Waals surface area contributed by atoms with Crippen LogP contribution in [0.5, 0.6) is 0 Å². The van der Waals surface area contributed by atoms with E-state index in [1.54, 1.807) is 24.0 Å². The minimum absolute atomic E-state index is 0.0106. The van der Waals surface area contributed by atoms with Gasteiger partial charge in [-0.2, -0.15) is 11.8 Å². The van der Waals surface area contributed by atoms with Gasteiger partial charge in [0.25, 0.3) is 11.5 Å². The van der Waals surface area contributed by atoms with Crippen LogP contribution in [0.2, 0.25) is 0 Å². The lowest BCUT2D eigenvalue weighted by Gasteiger charge is -2.19. The van der Waals surface area contributed by atoms with Gasteiger partial charge in [0.2, 0.25) is 0 Å². The van der Waals surface area contributed by atoms with Gasteiger partial charge in [-0.1, -0.05) is 6.07 Å². The molecule has 124 valence electrons. The van der Waals surface area contributed by atoms with Crippen molar-refractivity contribution in [2.75, 3.05) is 11.5 Å². The molecule has 2 aliphatic heterocycles. The molecule has 2 fully saturated rings. The highest BCUT2D eigenvalue weighted by Crippen LogP contribution is 2.33. The molecule has 1 atom stereocenters. The largest absolute Gasteiger partial charge is 0.325 e. The molecule has 2 aromatic heterocycles. The van der Waals surface area contributed by atoms with Crippen LogP contribution in [0.4, 0.5) is 4.79 Å². The van der Waals surface area contributed by atoms with E-state index in [0.29, 0.717) is 23.5 Å². The number of imide groups is 1. The van der Waals surface area contributed by atoms with E-state index in [2.05, 4.69) is 10.3 Å². The van der Waals surface area contributed by atoms with Gasteiger partial charge in [-0.25, -0.2) is 9.78 Å². The Hall–Kier alpha value is -2.35. The van der Waals surface area contributed by atoms with E-state index in [-0.39, 0.29) is 18.0 Å². The number of amides is 3. The maximum atomic E-state index is 12.7. The van der Waals surface area contributed by atoms with Crippen molar-refractivity contribution in [2.45, 2.75) is 25.4 Å². The average Bonchev–Trinajstić information content (AvgIpc) is 3.10. The van der Waals surface area contributed by atoms with Crippen molar-refractivity contribution in [3.05, 3.63) is 46.0 Å². The summed E-state index contributed by atoms with van der Waals surface area (Å²) in [5.41, 5.74) is 0.868. The highest BCUT2D eigenvalue weighted by Gasteiger charge is 2.52. The Labute approximate surface area is 142 Å². The smallest absolute Gasteiger partial charge is 0.322 e. The van der Waals surface area contributed by atoms with Crippen LogP contribution >= 0.6 is 11.8 Å². The normalized spacial score (nSPS) is 23.5. The Morgan fingerprint density at radius 2 is 2.17 bits per heavy atom. The Balaban J connectivity index is 1.67. The van der Waals surface area contributed by atoms with E-state index in [9.17, 15) is 14.4 Å². The molecule has 7 nitrogen and oxygen atoms in total. The third-order valence-corrected chi connectivity index (χ3v) is 5.64. The topological polar surface area (TPSA) is 83.8 Å². The van der Waals surface area contributed by atoms with Gasteiger partial charge in [0.05, 0.1) is 12.2 Å². The molecule has 0 aromatic carbocycles. The number of urea groups is 1. The molecule has 8 heteroatoms. The number of thioether (sulfide) groups is 1. The number of carbonyl (C=O) groups is 2. The van der Waals surface area contributed by atoms with Crippen molar-refractivity contribution in [2.24, 2.45) is 0 Å². The monoisotopic (exact) mass is 344 g/mol. The van der Waals surface area contributed by atoms with Crippen molar-refractivity contribution in [1.29, 1.82) is 0 Å².